The highest BCUT2D eigenvalue weighted by atomic mass is 16.4. The molecule has 5 heteroatoms. The normalized spacial score (nSPS) is 10.4. The van der Waals surface area contributed by atoms with Crippen LogP contribution >= 0.6 is 0 Å². The highest BCUT2D eigenvalue weighted by Gasteiger charge is 2.09. The molecule has 1 aromatic carbocycles. The fraction of sp³-hybridized carbons (Fsp3) is 0.385. The summed E-state index contributed by atoms with van der Waals surface area (Å²) in [4.78, 5) is 24.3. The molecule has 0 saturated heterocycles. The van der Waals surface area contributed by atoms with Crippen molar-refractivity contribution in [3.8, 4) is 0 Å². The number of rotatable bonds is 6. The van der Waals surface area contributed by atoms with Gasteiger partial charge in [0.1, 0.15) is 0 Å². The Morgan fingerprint density at radius 1 is 1.28 bits per heavy atom. The van der Waals surface area contributed by atoms with E-state index in [0.29, 0.717) is 24.2 Å². The zero-order valence-corrected chi connectivity index (χ0v) is 10.6. The van der Waals surface area contributed by atoms with E-state index in [1.807, 2.05) is 19.0 Å². The van der Waals surface area contributed by atoms with E-state index < -0.39 is 5.97 Å². The molecule has 1 aromatic rings. The molecule has 0 saturated carbocycles. The maximum atomic E-state index is 11.7. The van der Waals surface area contributed by atoms with Crippen LogP contribution in [0.25, 0.3) is 0 Å². The van der Waals surface area contributed by atoms with Crippen molar-refractivity contribution in [3.05, 3.63) is 29.8 Å². The van der Waals surface area contributed by atoms with E-state index >= 15 is 0 Å². The number of carbonyl (C=O) groups is 2. The summed E-state index contributed by atoms with van der Waals surface area (Å²) in [6.07, 6.45) is 0.290. The average Bonchev–Trinajstić information content (AvgIpc) is 2.28. The van der Waals surface area contributed by atoms with Crippen molar-refractivity contribution in [2.75, 3.05) is 26.0 Å². The number of nitrogens with one attached hydrogen (secondary N) is 1. The minimum absolute atomic E-state index is 0.0931. The third-order valence-corrected chi connectivity index (χ3v) is 2.42. The third-order valence-electron chi connectivity index (χ3n) is 2.42. The van der Waals surface area contributed by atoms with Gasteiger partial charge in [0.25, 0.3) is 0 Å². The van der Waals surface area contributed by atoms with Gasteiger partial charge in [-0.3, -0.25) is 9.59 Å². The second-order valence-corrected chi connectivity index (χ2v) is 4.33. The fourth-order valence-corrected chi connectivity index (χ4v) is 1.50. The molecule has 0 aliphatic rings. The van der Waals surface area contributed by atoms with Crippen molar-refractivity contribution >= 4 is 17.6 Å². The highest BCUT2D eigenvalue weighted by Crippen LogP contribution is 2.15. The summed E-state index contributed by atoms with van der Waals surface area (Å²) in [5.41, 5.74) is 1.19. The predicted molar refractivity (Wildman–Crippen MR) is 69.6 cm³/mol. The number of hydrogen-bond donors (Lipinski definition) is 2. The molecule has 0 aliphatic heterocycles. The Balaban J connectivity index is 2.65. The minimum Gasteiger partial charge on any atom is -0.481 e. The van der Waals surface area contributed by atoms with Gasteiger partial charge < -0.3 is 15.3 Å². The van der Waals surface area contributed by atoms with Gasteiger partial charge in [-0.05, 0) is 25.7 Å². The van der Waals surface area contributed by atoms with E-state index in [-0.39, 0.29) is 12.3 Å². The van der Waals surface area contributed by atoms with Crippen LogP contribution in [0, 0.1) is 0 Å². The lowest BCUT2D eigenvalue weighted by Gasteiger charge is -2.11. The lowest BCUT2D eigenvalue weighted by Crippen LogP contribution is -2.21. The quantitative estimate of drug-likeness (QED) is 0.796. The summed E-state index contributed by atoms with van der Waals surface area (Å²) in [7, 11) is 3.79. The lowest BCUT2D eigenvalue weighted by atomic mass is 10.1. The number of carbonyl (C=O) groups excluding carboxylic acids is 1. The van der Waals surface area contributed by atoms with Crippen LogP contribution in [-0.2, 0) is 16.0 Å². The molecular formula is C13H18N2O3. The van der Waals surface area contributed by atoms with Crippen LogP contribution in [-0.4, -0.2) is 42.5 Å². The number of carboxylic acid groups (broad SMARTS) is 1. The number of aliphatic carboxylic acids is 1. The average molecular weight is 250 g/mol. The Kier molecular flexibility index (Phi) is 5.32. The SMILES string of the molecule is CN(C)CCC(=O)Nc1ccccc1CC(=O)O. The fourth-order valence-electron chi connectivity index (χ4n) is 1.50. The summed E-state index contributed by atoms with van der Waals surface area (Å²) in [6.45, 7) is 0.660. The van der Waals surface area contributed by atoms with E-state index in [1.165, 1.54) is 0 Å². The molecule has 1 amide bonds. The zero-order valence-electron chi connectivity index (χ0n) is 10.6. The van der Waals surface area contributed by atoms with E-state index in [0.717, 1.165) is 0 Å². The lowest BCUT2D eigenvalue weighted by molar-refractivity contribution is -0.136. The van der Waals surface area contributed by atoms with Gasteiger partial charge in [0.2, 0.25) is 5.91 Å². The largest absolute Gasteiger partial charge is 0.481 e. The van der Waals surface area contributed by atoms with Crippen LogP contribution in [0.2, 0.25) is 0 Å². The molecule has 0 aliphatic carbocycles. The Morgan fingerprint density at radius 2 is 1.94 bits per heavy atom. The molecule has 0 aromatic heterocycles. The second-order valence-electron chi connectivity index (χ2n) is 4.33. The number of para-hydroxylation sites is 1. The number of amides is 1. The molecule has 0 heterocycles. The maximum Gasteiger partial charge on any atom is 0.307 e. The molecular weight excluding hydrogens is 232 g/mol. The first-order chi connectivity index (χ1) is 8.49. The van der Waals surface area contributed by atoms with Crippen molar-refractivity contribution in [1.29, 1.82) is 0 Å². The van der Waals surface area contributed by atoms with Crippen LogP contribution in [0.4, 0.5) is 5.69 Å². The standard InChI is InChI=1S/C13H18N2O3/c1-15(2)8-7-12(16)14-11-6-4-3-5-10(11)9-13(17)18/h3-6H,7-9H2,1-2H3,(H,14,16)(H,17,18). The minimum atomic E-state index is -0.912. The molecule has 0 unspecified atom stereocenters. The van der Waals surface area contributed by atoms with Gasteiger partial charge in [0.15, 0.2) is 0 Å². The molecule has 0 bridgehead atoms. The van der Waals surface area contributed by atoms with E-state index in [2.05, 4.69) is 5.32 Å². The molecule has 1 rings (SSSR count). The van der Waals surface area contributed by atoms with Gasteiger partial charge >= 0.3 is 5.97 Å². The molecule has 98 valence electrons. The molecule has 0 radical (unpaired) electrons. The van der Waals surface area contributed by atoms with Crippen molar-refractivity contribution < 1.29 is 14.7 Å². The van der Waals surface area contributed by atoms with E-state index in [4.69, 9.17) is 5.11 Å². The monoisotopic (exact) mass is 250 g/mol. The number of nitrogens with zero attached hydrogens (tertiary/aromatic N) is 1. The van der Waals surface area contributed by atoms with Crippen LogP contribution in [0.15, 0.2) is 24.3 Å². The molecule has 5 nitrogen and oxygen atoms in total. The number of hydrogen-bond acceptors (Lipinski definition) is 3. The Hall–Kier alpha value is -1.88. The molecule has 2 N–H and O–H groups in total. The molecule has 0 fully saturated rings. The van der Waals surface area contributed by atoms with Gasteiger partial charge in [0.05, 0.1) is 6.42 Å². The van der Waals surface area contributed by atoms with Gasteiger partial charge in [-0.1, -0.05) is 18.2 Å². The predicted octanol–water partition coefficient (Wildman–Crippen LogP) is 1.20. The first-order valence-corrected chi connectivity index (χ1v) is 5.73. The van der Waals surface area contributed by atoms with Crippen molar-refractivity contribution in [3.63, 3.8) is 0 Å². The summed E-state index contributed by atoms with van der Waals surface area (Å²) in [6, 6.07) is 6.95. The smallest absolute Gasteiger partial charge is 0.307 e. The third kappa shape index (κ3) is 4.97. The first-order valence-electron chi connectivity index (χ1n) is 5.73. The summed E-state index contributed by atoms with van der Waals surface area (Å²) in [5.74, 6) is -1.02. The van der Waals surface area contributed by atoms with Gasteiger partial charge in [0, 0.05) is 18.7 Å². The highest BCUT2D eigenvalue weighted by molar-refractivity contribution is 5.92. The molecule has 18 heavy (non-hydrogen) atoms. The van der Waals surface area contributed by atoms with Crippen LogP contribution < -0.4 is 5.32 Å². The summed E-state index contributed by atoms with van der Waals surface area (Å²) >= 11 is 0. The number of benzene rings is 1. The zero-order chi connectivity index (χ0) is 13.5. The first kappa shape index (κ1) is 14.2. The Bertz CT molecular complexity index is 430. The maximum absolute atomic E-state index is 11.7. The molecule has 0 atom stereocenters. The molecule has 0 spiro atoms. The van der Waals surface area contributed by atoms with Crippen molar-refractivity contribution in [2.45, 2.75) is 12.8 Å². The number of anilines is 1. The number of carboxylic acids is 1. The van der Waals surface area contributed by atoms with E-state index in [9.17, 15) is 9.59 Å². The summed E-state index contributed by atoms with van der Waals surface area (Å²) < 4.78 is 0. The van der Waals surface area contributed by atoms with Gasteiger partial charge in [-0.2, -0.15) is 0 Å². The van der Waals surface area contributed by atoms with Crippen LogP contribution in [0.5, 0.6) is 0 Å². The Morgan fingerprint density at radius 3 is 2.56 bits per heavy atom. The van der Waals surface area contributed by atoms with Crippen molar-refractivity contribution in [1.82, 2.24) is 4.90 Å². The summed E-state index contributed by atoms with van der Waals surface area (Å²) in [5, 5.41) is 11.5. The van der Waals surface area contributed by atoms with Crippen LogP contribution in [0.3, 0.4) is 0 Å². The van der Waals surface area contributed by atoms with E-state index in [1.54, 1.807) is 24.3 Å². The van der Waals surface area contributed by atoms with Gasteiger partial charge in [-0.25, -0.2) is 0 Å². The second kappa shape index (κ2) is 6.76. The van der Waals surface area contributed by atoms with Gasteiger partial charge in [-0.15, -0.1) is 0 Å². The Labute approximate surface area is 106 Å². The van der Waals surface area contributed by atoms with Crippen LogP contribution in [0.1, 0.15) is 12.0 Å². The topological polar surface area (TPSA) is 69.6 Å². The van der Waals surface area contributed by atoms with Crippen molar-refractivity contribution in [2.24, 2.45) is 0 Å².